The minimum Gasteiger partial charge on any atom is -0.354 e. The summed E-state index contributed by atoms with van der Waals surface area (Å²) in [7, 11) is 0. The van der Waals surface area contributed by atoms with E-state index in [9.17, 15) is 9.59 Å². The van der Waals surface area contributed by atoms with E-state index in [2.05, 4.69) is 58.2 Å². The molecule has 2 amide bonds. The van der Waals surface area contributed by atoms with Gasteiger partial charge in [0.15, 0.2) is 0 Å². The standard InChI is InChI=1S/C25H42N2O2/c1-7-10-15-25(6,16-11-8-2)23(29)27-18-17-26-22(28)20-13-12-14-21(19-20)24(4,5)9-3/h12-14,19H,7-11,15-18H2,1-6H3,(H,26,28)(H,27,29). The van der Waals surface area contributed by atoms with Gasteiger partial charge >= 0.3 is 0 Å². The highest BCUT2D eigenvalue weighted by Gasteiger charge is 2.31. The molecule has 0 spiro atoms. The first-order chi connectivity index (χ1) is 13.7. The third-order valence-corrected chi connectivity index (χ3v) is 6.20. The fourth-order valence-electron chi connectivity index (χ4n) is 3.44. The van der Waals surface area contributed by atoms with Crippen molar-refractivity contribution in [1.29, 1.82) is 0 Å². The molecule has 0 aliphatic rings. The quantitative estimate of drug-likeness (QED) is 0.422. The van der Waals surface area contributed by atoms with Crippen LogP contribution in [0.5, 0.6) is 0 Å². The fourth-order valence-corrected chi connectivity index (χ4v) is 3.44. The van der Waals surface area contributed by atoms with Crippen LogP contribution in [0.3, 0.4) is 0 Å². The van der Waals surface area contributed by atoms with Gasteiger partial charge in [-0.15, -0.1) is 0 Å². The van der Waals surface area contributed by atoms with Crippen LogP contribution in [0.4, 0.5) is 0 Å². The van der Waals surface area contributed by atoms with Crippen LogP contribution in [-0.4, -0.2) is 24.9 Å². The van der Waals surface area contributed by atoms with Gasteiger partial charge in [-0.25, -0.2) is 0 Å². The van der Waals surface area contributed by atoms with Crippen molar-refractivity contribution in [3.8, 4) is 0 Å². The van der Waals surface area contributed by atoms with Crippen molar-refractivity contribution in [3.05, 3.63) is 35.4 Å². The van der Waals surface area contributed by atoms with E-state index in [1.165, 1.54) is 5.56 Å². The number of carbonyl (C=O) groups excluding carboxylic acids is 2. The largest absolute Gasteiger partial charge is 0.354 e. The molecular formula is C25H42N2O2. The first-order valence-electron chi connectivity index (χ1n) is 11.4. The Balaban J connectivity index is 2.57. The number of amides is 2. The van der Waals surface area contributed by atoms with Crippen molar-refractivity contribution >= 4 is 11.8 Å². The van der Waals surface area contributed by atoms with Crippen LogP contribution in [0.2, 0.25) is 0 Å². The Labute approximate surface area is 178 Å². The summed E-state index contributed by atoms with van der Waals surface area (Å²) in [6.45, 7) is 13.8. The molecule has 0 radical (unpaired) electrons. The Morgan fingerprint density at radius 1 is 0.897 bits per heavy atom. The van der Waals surface area contributed by atoms with E-state index in [4.69, 9.17) is 0 Å². The third kappa shape index (κ3) is 7.83. The molecule has 0 saturated carbocycles. The number of carbonyl (C=O) groups is 2. The second-order valence-electron chi connectivity index (χ2n) is 9.10. The summed E-state index contributed by atoms with van der Waals surface area (Å²) in [6.07, 6.45) is 7.17. The van der Waals surface area contributed by atoms with Crippen molar-refractivity contribution in [3.63, 3.8) is 0 Å². The molecule has 0 saturated heterocycles. The molecule has 2 N–H and O–H groups in total. The summed E-state index contributed by atoms with van der Waals surface area (Å²) in [6, 6.07) is 7.84. The van der Waals surface area contributed by atoms with Crippen molar-refractivity contribution in [1.82, 2.24) is 10.6 Å². The van der Waals surface area contributed by atoms with Gasteiger partial charge < -0.3 is 10.6 Å². The Kier molecular flexibility index (Phi) is 10.4. The number of nitrogens with one attached hydrogen (secondary N) is 2. The van der Waals surface area contributed by atoms with Crippen molar-refractivity contribution < 1.29 is 9.59 Å². The minimum atomic E-state index is -0.309. The van der Waals surface area contributed by atoms with Gasteiger partial charge in [-0.1, -0.05) is 79.4 Å². The summed E-state index contributed by atoms with van der Waals surface area (Å²) in [5.74, 6) is 0.0214. The first kappa shape index (κ1) is 25.2. The SMILES string of the molecule is CCCCC(C)(CCCC)C(=O)NCCNC(=O)c1cccc(C(C)(C)CC)c1. The minimum absolute atomic E-state index is 0.0473. The van der Waals surface area contributed by atoms with Crippen LogP contribution < -0.4 is 10.6 Å². The molecule has 0 heterocycles. The molecule has 0 unspecified atom stereocenters. The average molecular weight is 403 g/mol. The molecule has 0 atom stereocenters. The zero-order valence-corrected chi connectivity index (χ0v) is 19.5. The Hall–Kier alpha value is -1.84. The van der Waals surface area contributed by atoms with Gasteiger partial charge in [-0.2, -0.15) is 0 Å². The van der Waals surface area contributed by atoms with Gasteiger partial charge in [0.05, 0.1) is 0 Å². The molecule has 4 heteroatoms. The fraction of sp³-hybridized carbons (Fsp3) is 0.680. The zero-order valence-electron chi connectivity index (χ0n) is 19.5. The average Bonchev–Trinajstić information content (AvgIpc) is 2.73. The highest BCUT2D eigenvalue weighted by Crippen LogP contribution is 2.31. The lowest BCUT2D eigenvalue weighted by molar-refractivity contribution is -0.131. The molecule has 0 aliphatic carbocycles. The molecule has 1 aromatic rings. The van der Waals surface area contributed by atoms with Gasteiger partial charge in [0.25, 0.3) is 5.91 Å². The lowest BCUT2D eigenvalue weighted by atomic mass is 9.79. The van der Waals surface area contributed by atoms with Crippen molar-refractivity contribution in [2.75, 3.05) is 13.1 Å². The summed E-state index contributed by atoms with van der Waals surface area (Å²) < 4.78 is 0. The number of hydrogen-bond donors (Lipinski definition) is 2. The van der Waals surface area contributed by atoms with Gasteiger partial charge in [0.2, 0.25) is 5.91 Å². The molecule has 0 bridgehead atoms. The van der Waals surface area contributed by atoms with E-state index in [1.807, 2.05) is 18.2 Å². The van der Waals surface area contributed by atoms with Crippen LogP contribution in [0.15, 0.2) is 24.3 Å². The van der Waals surface area contributed by atoms with Gasteiger partial charge in [-0.3, -0.25) is 9.59 Å². The molecule has 0 aromatic heterocycles. The topological polar surface area (TPSA) is 58.2 Å². The van der Waals surface area contributed by atoms with E-state index < -0.39 is 0 Å². The maximum Gasteiger partial charge on any atom is 0.251 e. The van der Waals surface area contributed by atoms with Crippen LogP contribution in [0.25, 0.3) is 0 Å². The normalized spacial score (nSPS) is 11.9. The van der Waals surface area contributed by atoms with E-state index in [1.54, 1.807) is 0 Å². The van der Waals surface area contributed by atoms with E-state index >= 15 is 0 Å². The van der Waals surface area contributed by atoms with Crippen molar-refractivity contribution in [2.24, 2.45) is 5.41 Å². The molecule has 1 aromatic carbocycles. The summed E-state index contributed by atoms with van der Waals surface area (Å²) in [5, 5.41) is 5.97. The summed E-state index contributed by atoms with van der Waals surface area (Å²) in [4.78, 5) is 25.3. The molecule has 29 heavy (non-hydrogen) atoms. The Morgan fingerprint density at radius 2 is 1.48 bits per heavy atom. The molecular weight excluding hydrogens is 360 g/mol. The maximum absolute atomic E-state index is 12.8. The second-order valence-corrected chi connectivity index (χ2v) is 9.10. The maximum atomic E-state index is 12.8. The smallest absolute Gasteiger partial charge is 0.251 e. The number of hydrogen-bond acceptors (Lipinski definition) is 2. The predicted octanol–water partition coefficient (Wildman–Crippen LogP) is 5.61. The van der Waals surface area contributed by atoms with E-state index in [-0.39, 0.29) is 22.6 Å². The number of benzene rings is 1. The molecule has 0 fully saturated rings. The van der Waals surface area contributed by atoms with Gasteiger partial charge in [-0.05, 0) is 42.4 Å². The van der Waals surface area contributed by atoms with E-state index in [0.717, 1.165) is 44.9 Å². The third-order valence-electron chi connectivity index (χ3n) is 6.20. The van der Waals surface area contributed by atoms with Crippen LogP contribution in [-0.2, 0) is 10.2 Å². The molecule has 1 rings (SSSR count). The Morgan fingerprint density at radius 3 is 2.03 bits per heavy atom. The van der Waals surface area contributed by atoms with Gasteiger partial charge in [0, 0.05) is 24.1 Å². The first-order valence-corrected chi connectivity index (χ1v) is 11.4. The Bertz CT molecular complexity index is 644. The lowest BCUT2D eigenvalue weighted by Crippen LogP contribution is -2.42. The highest BCUT2D eigenvalue weighted by atomic mass is 16.2. The highest BCUT2D eigenvalue weighted by molar-refractivity contribution is 5.94. The zero-order chi connectivity index (χ0) is 21.9. The lowest BCUT2D eigenvalue weighted by Gasteiger charge is -2.28. The van der Waals surface area contributed by atoms with Gasteiger partial charge in [0.1, 0.15) is 0 Å². The second kappa shape index (κ2) is 12.0. The van der Waals surface area contributed by atoms with Crippen molar-refractivity contribution in [2.45, 2.75) is 91.9 Å². The number of unbranched alkanes of at least 4 members (excludes halogenated alkanes) is 2. The van der Waals surface area contributed by atoms with Crippen LogP contribution in [0, 0.1) is 5.41 Å². The van der Waals surface area contributed by atoms with Crippen LogP contribution >= 0.6 is 0 Å². The monoisotopic (exact) mass is 402 g/mol. The number of rotatable bonds is 13. The van der Waals surface area contributed by atoms with Crippen LogP contribution in [0.1, 0.15) is 102 Å². The molecule has 164 valence electrons. The van der Waals surface area contributed by atoms with E-state index in [0.29, 0.717) is 18.7 Å². The predicted molar refractivity (Wildman–Crippen MR) is 122 cm³/mol. The summed E-state index contributed by atoms with van der Waals surface area (Å²) >= 11 is 0. The molecule has 0 aliphatic heterocycles. The molecule has 4 nitrogen and oxygen atoms in total. The summed E-state index contributed by atoms with van der Waals surface area (Å²) in [5.41, 5.74) is 1.58.